The van der Waals surface area contributed by atoms with Crippen molar-refractivity contribution < 1.29 is 15.0 Å². The summed E-state index contributed by atoms with van der Waals surface area (Å²) in [7, 11) is 0. The van der Waals surface area contributed by atoms with Gasteiger partial charge < -0.3 is 10.2 Å². The third kappa shape index (κ3) is 4.19. The number of benzene rings is 1. The SMILES string of the molecule is CC(C)(C)c1ccc([C@H](O)CCC(=O)O)cc1. The molecular formula is C14H20O3. The predicted molar refractivity (Wildman–Crippen MR) is 67.0 cm³/mol. The van der Waals surface area contributed by atoms with Crippen LogP contribution in [0.3, 0.4) is 0 Å². The molecule has 2 N–H and O–H groups in total. The Morgan fingerprint density at radius 3 is 2.18 bits per heavy atom. The standard InChI is InChI=1S/C14H20O3/c1-14(2,3)11-6-4-10(5-7-11)12(15)8-9-13(16)17/h4-7,12,15H,8-9H2,1-3H3,(H,16,17)/t12-/m1/s1. The van der Waals surface area contributed by atoms with Crippen molar-refractivity contribution in [2.45, 2.75) is 45.1 Å². The van der Waals surface area contributed by atoms with Crippen molar-refractivity contribution in [3.8, 4) is 0 Å². The molecule has 17 heavy (non-hydrogen) atoms. The van der Waals surface area contributed by atoms with Gasteiger partial charge in [-0.3, -0.25) is 4.79 Å². The highest BCUT2D eigenvalue weighted by Gasteiger charge is 2.15. The molecule has 3 nitrogen and oxygen atoms in total. The van der Waals surface area contributed by atoms with Crippen LogP contribution in [-0.2, 0) is 10.2 Å². The van der Waals surface area contributed by atoms with Gasteiger partial charge in [0.05, 0.1) is 6.10 Å². The van der Waals surface area contributed by atoms with Gasteiger partial charge in [0.25, 0.3) is 0 Å². The molecule has 0 aromatic heterocycles. The predicted octanol–water partition coefficient (Wildman–Crippen LogP) is 2.88. The van der Waals surface area contributed by atoms with Gasteiger partial charge in [-0.05, 0) is 23.0 Å². The fourth-order valence-electron chi connectivity index (χ4n) is 1.63. The lowest BCUT2D eigenvalue weighted by Gasteiger charge is -2.20. The van der Waals surface area contributed by atoms with Crippen molar-refractivity contribution in [2.75, 3.05) is 0 Å². The van der Waals surface area contributed by atoms with E-state index in [1.54, 1.807) is 0 Å². The van der Waals surface area contributed by atoms with E-state index in [0.29, 0.717) is 0 Å². The Hall–Kier alpha value is -1.35. The zero-order valence-electron chi connectivity index (χ0n) is 10.6. The average Bonchev–Trinajstić information content (AvgIpc) is 2.25. The van der Waals surface area contributed by atoms with Crippen LogP contribution in [0, 0.1) is 0 Å². The molecule has 0 heterocycles. The van der Waals surface area contributed by atoms with E-state index in [2.05, 4.69) is 20.8 Å². The number of aliphatic hydroxyl groups excluding tert-OH is 1. The zero-order valence-corrected chi connectivity index (χ0v) is 10.6. The highest BCUT2D eigenvalue weighted by Crippen LogP contribution is 2.25. The molecular weight excluding hydrogens is 216 g/mol. The van der Waals surface area contributed by atoms with Gasteiger partial charge >= 0.3 is 5.97 Å². The minimum absolute atomic E-state index is 0.0117. The van der Waals surface area contributed by atoms with E-state index >= 15 is 0 Å². The van der Waals surface area contributed by atoms with Gasteiger partial charge in [0, 0.05) is 6.42 Å². The molecule has 0 radical (unpaired) electrons. The van der Waals surface area contributed by atoms with Gasteiger partial charge in [-0.15, -0.1) is 0 Å². The molecule has 1 rings (SSSR count). The first-order chi connectivity index (χ1) is 7.80. The van der Waals surface area contributed by atoms with Crippen molar-refractivity contribution in [1.82, 2.24) is 0 Å². The topological polar surface area (TPSA) is 57.5 Å². The van der Waals surface area contributed by atoms with Crippen molar-refractivity contribution in [2.24, 2.45) is 0 Å². The first kappa shape index (κ1) is 13.7. The molecule has 1 aromatic rings. The number of carboxylic acid groups (broad SMARTS) is 1. The first-order valence-corrected chi connectivity index (χ1v) is 5.81. The highest BCUT2D eigenvalue weighted by molar-refractivity contribution is 5.66. The quantitative estimate of drug-likeness (QED) is 0.845. The number of hydrogen-bond acceptors (Lipinski definition) is 2. The fraction of sp³-hybridized carbons (Fsp3) is 0.500. The summed E-state index contributed by atoms with van der Waals surface area (Å²) in [5, 5.41) is 18.3. The Morgan fingerprint density at radius 1 is 1.24 bits per heavy atom. The Labute approximate surface area is 102 Å². The molecule has 1 atom stereocenters. The third-order valence-electron chi connectivity index (χ3n) is 2.79. The summed E-state index contributed by atoms with van der Waals surface area (Å²) in [6.45, 7) is 6.38. The summed E-state index contributed by atoms with van der Waals surface area (Å²) in [4.78, 5) is 10.4. The van der Waals surface area contributed by atoms with E-state index in [-0.39, 0.29) is 18.3 Å². The second kappa shape index (κ2) is 5.32. The fourth-order valence-corrected chi connectivity index (χ4v) is 1.63. The van der Waals surface area contributed by atoms with E-state index in [9.17, 15) is 9.90 Å². The normalized spacial score (nSPS) is 13.4. The first-order valence-electron chi connectivity index (χ1n) is 5.81. The molecule has 0 fully saturated rings. The minimum Gasteiger partial charge on any atom is -0.481 e. The zero-order chi connectivity index (χ0) is 13.1. The monoisotopic (exact) mass is 236 g/mol. The van der Waals surface area contributed by atoms with Crippen LogP contribution < -0.4 is 0 Å². The number of hydrogen-bond donors (Lipinski definition) is 2. The Balaban J connectivity index is 2.70. The Bertz CT molecular complexity index is 373. The molecule has 94 valence electrons. The molecule has 1 aromatic carbocycles. The lowest BCUT2D eigenvalue weighted by Crippen LogP contribution is -2.11. The number of carboxylic acids is 1. The summed E-state index contributed by atoms with van der Waals surface area (Å²) >= 11 is 0. The van der Waals surface area contributed by atoms with Gasteiger partial charge in [0.1, 0.15) is 0 Å². The van der Waals surface area contributed by atoms with E-state index in [0.717, 1.165) is 5.56 Å². The summed E-state index contributed by atoms with van der Waals surface area (Å²) in [6, 6.07) is 7.71. The maximum absolute atomic E-state index is 10.4. The van der Waals surface area contributed by atoms with Crippen LogP contribution in [0.25, 0.3) is 0 Å². The van der Waals surface area contributed by atoms with Crippen LogP contribution >= 0.6 is 0 Å². The van der Waals surface area contributed by atoms with Crippen LogP contribution in [0.15, 0.2) is 24.3 Å². The van der Waals surface area contributed by atoms with Crippen molar-refractivity contribution in [3.05, 3.63) is 35.4 Å². The van der Waals surface area contributed by atoms with Gasteiger partial charge in [0.2, 0.25) is 0 Å². The largest absolute Gasteiger partial charge is 0.481 e. The Morgan fingerprint density at radius 2 is 1.76 bits per heavy atom. The van der Waals surface area contributed by atoms with Gasteiger partial charge in [-0.25, -0.2) is 0 Å². The van der Waals surface area contributed by atoms with Gasteiger partial charge in [-0.1, -0.05) is 45.0 Å². The lowest BCUT2D eigenvalue weighted by atomic mass is 9.86. The van der Waals surface area contributed by atoms with E-state index in [4.69, 9.17) is 5.11 Å². The van der Waals surface area contributed by atoms with Crippen LogP contribution in [-0.4, -0.2) is 16.2 Å². The van der Waals surface area contributed by atoms with Gasteiger partial charge in [0.15, 0.2) is 0 Å². The van der Waals surface area contributed by atoms with E-state index < -0.39 is 12.1 Å². The summed E-state index contributed by atoms with van der Waals surface area (Å²) in [6.07, 6.45) is -0.452. The molecule has 0 saturated heterocycles. The van der Waals surface area contributed by atoms with Crippen molar-refractivity contribution >= 4 is 5.97 Å². The number of aliphatic hydroxyl groups is 1. The molecule has 0 saturated carbocycles. The molecule has 0 aliphatic heterocycles. The molecule has 0 amide bonds. The van der Waals surface area contributed by atoms with Crippen molar-refractivity contribution in [1.29, 1.82) is 0 Å². The number of aliphatic carboxylic acids is 1. The summed E-state index contributed by atoms with van der Waals surface area (Å²) in [5.74, 6) is -0.879. The molecule has 0 unspecified atom stereocenters. The van der Waals surface area contributed by atoms with Crippen molar-refractivity contribution in [3.63, 3.8) is 0 Å². The molecule has 0 aliphatic rings. The maximum Gasteiger partial charge on any atom is 0.303 e. The van der Waals surface area contributed by atoms with Crippen LogP contribution in [0.2, 0.25) is 0 Å². The second-order valence-corrected chi connectivity index (χ2v) is 5.32. The van der Waals surface area contributed by atoms with E-state index in [1.165, 1.54) is 5.56 Å². The molecule has 0 aliphatic carbocycles. The summed E-state index contributed by atoms with van der Waals surface area (Å²) in [5.41, 5.74) is 2.07. The smallest absolute Gasteiger partial charge is 0.303 e. The van der Waals surface area contributed by atoms with Crippen LogP contribution in [0.5, 0.6) is 0 Å². The highest BCUT2D eigenvalue weighted by atomic mass is 16.4. The molecule has 3 heteroatoms. The maximum atomic E-state index is 10.4. The second-order valence-electron chi connectivity index (χ2n) is 5.32. The van der Waals surface area contributed by atoms with Gasteiger partial charge in [-0.2, -0.15) is 0 Å². The minimum atomic E-state index is -0.879. The van der Waals surface area contributed by atoms with Crippen LogP contribution in [0.4, 0.5) is 0 Å². The number of rotatable bonds is 4. The van der Waals surface area contributed by atoms with Crippen LogP contribution in [0.1, 0.15) is 50.8 Å². The molecule has 0 bridgehead atoms. The van der Waals surface area contributed by atoms with E-state index in [1.807, 2.05) is 24.3 Å². The third-order valence-corrected chi connectivity index (χ3v) is 2.79. The summed E-state index contributed by atoms with van der Waals surface area (Å²) < 4.78 is 0. The average molecular weight is 236 g/mol. The Kier molecular flexibility index (Phi) is 4.29. The lowest BCUT2D eigenvalue weighted by molar-refractivity contribution is -0.137. The number of carbonyl (C=O) groups is 1. The molecule has 0 spiro atoms.